The summed E-state index contributed by atoms with van der Waals surface area (Å²) >= 11 is 1.46. The number of phenols is 1. The fraction of sp³-hybridized carbons (Fsp3) is 0.103. The van der Waals surface area contributed by atoms with Gasteiger partial charge in [0, 0.05) is 21.0 Å². The van der Waals surface area contributed by atoms with E-state index in [0.29, 0.717) is 22.7 Å². The number of carbonyl (C=O) groups excluding carboxylic acids is 1. The average molecular weight is 526 g/mol. The molecule has 1 amide bonds. The predicted octanol–water partition coefficient (Wildman–Crippen LogP) is 7.14. The lowest BCUT2D eigenvalue weighted by atomic mass is 10.1. The van der Waals surface area contributed by atoms with E-state index in [1.54, 1.807) is 48.5 Å². The van der Waals surface area contributed by atoms with Crippen molar-refractivity contribution in [2.24, 2.45) is 0 Å². The maximum absolute atomic E-state index is 14.1. The number of hydrogen-bond acceptors (Lipinski definition) is 7. The molecule has 0 radical (unpaired) electrons. The quantitative estimate of drug-likeness (QED) is 0.208. The molecule has 0 fully saturated rings. The van der Waals surface area contributed by atoms with E-state index in [9.17, 15) is 14.3 Å². The zero-order valence-electron chi connectivity index (χ0n) is 20.6. The van der Waals surface area contributed by atoms with E-state index in [0.717, 1.165) is 20.9 Å². The highest BCUT2D eigenvalue weighted by molar-refractivity contribution is 7.99. The molecule has 2 aromatic heterocycles. The van der Waals surface area contributed by atoms with Crippen LogP contribution < -0.4 is 10.6 Å². The Labute approximate surface area is 223 Å². The van der Waals surface area contributed by atoms with Crippen LogP contribution in [-0.2, 0) is 0 Å². The molecule has 0 spiro atoms. The van der Waals surface area contributed by atoms with Crippen LogP contribution in [0.3, 0.4) is 0 Å². The first kappa shape index (κ1) is 25.2. The van der Waals surface area contributed by atoms with Gasteiger partial charge < -0.3 is 15.7 Å². The summed E-state index contributed by atoms with van der Waals surface area (Å²) in [7, 11) is 0. The average Bonchev–Trinajstić information content (AvgIpc) is 2.92. The molecule has 3 aromatic carbocycles. The summed E-state index contributed by atoms with van der Waals surface area (Å²) in [4.78, 5) is 28.2. The van der Waals surface area contributed by atoms with Gasteiger partial charge in [-0.1, -0.05) is 37.7 Å². The summed E-state index contributed by atoms with van der Waals surface area (Å²) in [5, 5.41) is 16.4. The van der Waals surface area contributed by atoms with Gasteiger partial charge in [-0.25, -0.2) is 19.3 Å². The highest BCUT2D eigenvalue weighted by Crippen LogP contribution is 2.37. The Kier molecular flexibility index (Phi) is 7.19. The van der Waals surface area contributed by atoms with Gasteiger partial charge in [0.25, 0.3) is 5.91 Å². The summed E-state index contributed by atoms with van der Waals surface area (Å²) in [6, 6.07) is 21.9. The molecular weight excluding hydrogens is 501 g/mol. The molecule has 9 heteroatoms. The number of aromatic hydroxyl groups is 1. The smallest absolute Gasteiger partial charge is 0.255 e. The number of amides is 1. The maximum atomic E-state index is 14.1. The molecule has 0 aliphatic rings. The number of para-hydroxylation sites is 1. The molecule has 0 saturated carbocycles. The number of carbonyl (C=O) groups is 1. The second-order valence-electron chi connectivity index (χ2n) is 8.85. The molecule has 0 bridgehead atoms. The predicted molar refractivity (Wildman–Crippen MR) is 148 cm³/mol. The molecule has 5 aromatic rings. The number of aromatic nitrogens is 3. The number of phenolic OH excluding ortho intramolecular Hbond substituents is 1. The van der Waals surface area contributed by atoms with Gasteiger partial charge in [0.15, 0.2) is 5.65 Å². The Morgan fingerprint density at radius 2 is 1.74 bits per heavy atom. The van der Waals surface area contributed by atoms with Crippen molar-refractivity contribution in [3.63, 3.8) is 0 Å². The van der Waals surface area contributed by atoms with Crippen LogP contribution in [0.15, 0.2) is 95.0 Å². The van der Waals surface area contributed by atoms with E-state index in [-0.39, 0.29) is 17.4 Å². The van der Waals surface area contributed by atoms with Crippen LogP contribution in [0, 0.1) is 5.82 Å². The number of anilines is 3. The van der Waals surface area contributed by atoms with Crippen LogP contribution in [0.4, 0.5) is 21.6 Å². The molecule has 38 heavy (non-hydrogen) atoms. The summed E-state index contributed by atoms with van der Waals surface area (Å²) < 4.78 is 14.1. The van der Waals surface area contributed by atoms with Crippen LogP contribution in [0.5, 0.6) is 5.75 Å². The van der Waals surface area contributed by atoms with Crippen molar-refractivity contribution in [3.8, 4) is 5.75 Å². The zero-order valence-corrected chi connectivity index (χ0v) is 21.5. The van der Waals surface area contributed by atoms with E-state index in [1.807, 2.05) is 18.2 Å². The van der Waals surface area contributed by atoms with Gasteiger partial charge in [-0.2, -0.15) is 0 Å². The van der Waals surface area contributed by atoms with Crippen LogP contribution in [0.25, 0.3) is 11.0 Å². The van der Waals surface area contributed by atoms with Crippen LogP contribution in [0.1, 0.15) is 35.8 Å². The van der Waals surface area contributed by atoms with Crippen molar-refractivity contribution >= 4 is 45.9 Å². The molecule has 3 N–H and O–H groups in total. The molecular formula is C29H24FN5O2S. The third-order valence-electron chi connectivity index (χ3n) is 5.79. The minimum Gasteiger partial charge on any atom is -0.508 e. The fourth-order valence-electron chi connectivity index (χ4n) is 3.76. The molecule has 0 atom stereocenters. The topological polar surface area (TPSA) is 100 Å². The number of hydrogen-bond donors (Lipinski definition) is 3. The maximum Gasteiger partial charge on any atom is 0.255 e. The van der Waals surface area contributed by atoms with Gasteiger partial charge in [-0.3, -0.25) is 4.79 Å². The van der Waals surface area contributed by atoms with E-state index in [2.05, 4.69) is 39.4 Å². The summed E-state index contributed by atoms with van der Waals surface area (Å²) in [5.41, 5.74) is 2.55. The summed E-state index contributed by atoms with van der Waals surface area (Å²) in [6.07, 6.45) is 1.45. The first-order chi connectivity index (χ1) is 18.4. The second-order valence-corrected chi connectivity index (χ2v) is 9.97. The van der Waals surface area contributed by atoms with Gasteiger partial charge in [0.1, 0.15) is 23.7 Å². The molecule has 190 valence electrons. The number of nitrogens with zero attached hydrogens (tertiary/aromatic N) is 3. The minimum atomic E-state index is -0.514. The lowest BCUT2D eigenvalue weighted by Crippen LogP contribution is -2.13. The second kappa shape index (κ2) is 10.9. The number of benzene rings is 3. The van der Waals surface area contributed by atoms with Gasteiger partial charge in [0.2, 0.25) is 0 Å². The zero-order chi connectivity index (χ0) is 26.6. The number of pyridine rings is 1. The number of nitrogens with one attached hydrogen (secondary N) is 2. The molecule has 0 aliphatic heterocycles. The summed E-state index contributed by atoms with van der Waals surface area (Å²) in [6.45, 7) is 4.14. The van der Waals surface area contributed by atoms with Crippen molar-refractivity contribution in [3.05, 3.63) is 102 Å². The van der Waals surface area contributed by atoms with Crippen molar-refractivity contribution in [2.45, 2.75) is 29.6 Å². The van der Waals surface area contributed by atoms with Crippen molar-refractivity contribution in [1.82, 2.24) is 15.0 Å². The van der Waals surface area contributed by atoms with Crippen molar-refractivity contribution in [1.29, 1.82) is 0 Å². The first-order valence-corrected chi connectivity index (χ1v) is 12.7. The Morgan fingerprint density at radius 3 is 2.50 bits per heavy atom. The fourth-order valence-corrected chi connectivity index (χ4v) is 4.64. The Hall–Kier alpha value is -4.50. The third-order valence-corrected chi connectivity index (χ3v) is 6.88. The van der Waals surface area contributed by atoms with Crippen molar-refractivity contribution < 1.29 is 14.3 Å². The number of halogens is 1. The minimum absolute atomic E-state index is 0.100. The highest BCUT2D eigenvalue weighted by atomic mass is 32.2. The van der Waals surface area contributed by atoms with Gasteiger partial charge in [0.05, 0.1) is 16.8 Å². The Balaban J connectivity index is 1.52. The monoisotopic (exact) mass is 525 g/mol. The third kappa shape index (κ3) is 5.57. The van der Waals surface area contributed by atoms with E-state index in [1.165, 1.54) is 30.2 Å². The largest absolute Gasteiger partial charge is 0.508 e. The van der Waals surface area contributed by atoms with Crippen LogP contribution in [-0.4, -0.2) is 26.0 Å². The molecule has 7 nitrogen and oxygen atoms in total. The van der Waals surface area contributed by atoms with Gasteiger partial charge in [-0.15, -0.1) is 0 Å². The molecule has 2 heterocycles. The van der Waals surface area contributed by atoms with Gasteiger partial charge >= 0.3 is 0 Å². The first-order valence-electron chi connectivity index (χ1n) is 11.9. The SMILES string of the molecule is CC(C)c1ccc2c(Nc3cc(C(=O)Nc4ccccc4F)ccc3Sc3ccc(O)cc3)ncnc2n1. The Morgan fingerprint density at radius 1 is 0.947 bits per heavy atom. The van der Waals surface area contributed by atoms with Crippen LogP contribution >= 0.6 is 11.8 Å². The number of fused-ring (bicyclic) bond motifs is 1. The highest BCUT2D eigenvalue weighted by Gasteiger charge is 2.15. The molecule has 5 rings (SSSR count). The molecule has 0 unspecified atom stereocenters. The van der Waals surface area contributed by atoms with E-state index < -0.39 is 11.7 Å². The Bertz CT molecular complexity index is 1630. The number of rotatable bonds is 7. The van der Waals surface area contributed by atoms with Crippen molar-refractivity contribution in [2.75, 3.05) is 10.6 Å². The van der Waals surface area contributed by atoms with Crippen LogP contribution in [0.2, 0.25) is 0 Å². The molecule has 0 aliphatic carbocycles. The summed E-state index contributed by atoms with van der Waals surface area (Å²) in [5.74, 6) is 0.00360. The van der Waals surface area contributed by atoms with E-state index in [4.69, 9.17) is 0 Å². The van der Waals surface area contributed by atoms with Gasteiger partial charge in [-0.05, 0) is 72.6 Å². The normalized spacial score (nSPS) is 11.1. The lowest BCUT2D eigenvalue weighted by molar-refractivity contribution is 0.102. The standard InChI is InChI=1S/C29H24FN5O2S/c1-17(2)23-13-12-21-27(33-23)31-16-32-28(21)34-25-15-18(29(37)35-24-6-4-3-5-22(24)30)7-14-26(25)38-20-10-8-19(36)9-11-20/h3-17,36H,1-2H3,(H,35,37)(H,31,32,33,34). The lowest BCUT2D eigenvalue weighted by Gasteiger charge is -2.15. The van der Waals surface area contributed by atoms with E-state index >= 15 is 0 Å². The molecule has 0 saturated heterocycles.